The van der Waals surface area contributed by atoms with E-state index >= 15 is 0 Å². The number of aromatic nitrogens is 1. The molecule has 0 radical (unpaired) electrons. The van der Waals surface area contributed by atoms with Gasteiger partial charge in [-0.05, 0) is 55.9 Å². The summed E-state index contributed by atoms with van der Waals surface area (Å²) in [5.74, 6) is 0. The Morgan fingerprint density at radius 3 is 2.52 bits per heavy atom. The summed E-state index contributed by atoms with van der Waals surface area (Å²) in [5.41, 5.74) is 6.88. The van der Waals surface area contributed by atoms with Crippen LogP contribution >= 0.6 is 11.3 Å². The molecule has 6 rings (SSSR count). The van der Waals surface area contributed by atoms with Gasteiger partial charge in [0.25, 0.3) is 0 Å². The number of rotatable bonds is 1. The van der Waals surface area contributed by atoms with E-state index in [2.05, 4.69) is 48.2 Å². The summed E-state index contributed by atoms with van der Waals surface area (Å²) in [6, 6.07) is 13.2. The summed E-state index contributed by atoms with van der Waals surface area (Å²) in [6.07, 6.45) is 4.89. The van der Waals surface area contributed by atoms with Gasteiger partial charge in [0.15, 0.2) is 0 Å². The fourth-order valence-corrected chi connectivity index (χ4v) is 6.23. The van der Waals surface area contributed by atoms with Crippen molar-refractivity contribution in [2.75, 3.05) is 24.5 Å². The van der Waals surface area contributed by atoms with Crippen LogP contribution in [0.4, 0.5) is 5.69 Å². The lowest BCUT2D eigenvalue weighted by Crippen LogP contribution is -2.58. The highest BCUT2D eigenvalue weighted by molar-refractivity contribution is 7.21. The normalized spacial score (nSPS) is 16.2. The fraction of sp³-hybridized carbons (Fsp3) is 0.333. The molecular formula is C24H24ClN3O4S. The number of hydrogen-bond acceptors (Lipinski definition) is 8. The van der Waals surface area contributed by atoms with E-state index in [1.807, 2.05) is 11.3 Å². The molecule has 0 fully saturated rings. The van der Waals surface area contributed by atoms with Crippen molar-refractivity contribution in [1.82, 2.24) is 4.98 Å². The van der Waals surface area contributed by atoms with Crippen molar-refractivity contribution in [2.24, 2.45) is 4.99 Å². The van der Waals surface area contributed by atoms with E-state index in [4.69, 9.17) is 28.6 Å². The van der Waals surface area contributed by atoms with Crippen LogP contribution in [0.15, 0.2) is 41.4 Å². The van der Waals surface area contributed by atoms with Crippen molar-refractivity contribution in [3.05, 3.63) is 52.9 Å². The van der Waals surface area contributed by atoms with Crippen LogP contribution in [0.1, 0.15) is 30.9 Å². The summed E-state index contributed by atoms with van der Waals surface area (Å²) < 4.78 is 34.1. The summed E-state index contributed by atoms with van der Waals surface area (Å²) in [6.45, 7) is 5.32. The van der Waals surface area contributed by atoms with Crippen molar-refractivity contribution in [3.63, 3.8) is 0 Å². The maximum Gasteiger partial charge on any atom is 0.0889 e. The fourth-order valence-electron chi connectivity index (χ4n) is 5.05. The average Bonchev–Trinajstić information content (AvgIpc) is 2.78. The van der Waals surface area contributed by atoms with Gasteiger partial charge in [0, 0.05) is 36.1 Å². The van der Waals surface area contributed by atoms with Crippen LogP contribution in [0.2, 0.25) is 0 Å². The second-order valence-electron chi connectivity index (χ2n) is 8.28. The Morgan fingerprint density at radius 1 is 1.09 bits per heavy atom. The van der Waals surface area contributed by atoms with Gasteiger partial charge in [0.2, 0.25) is 0 Å². The Bertz CT molecular complexity index is 1370. The molecule has 33 heavy (non-hydrogen) atoms. The smallest absolute Gasteiger partial charge is 0.0889 e. The highest BCUT2D eigenvalue weighted by Crippen LogP contribution is 2.43. The number of nitrogens with zero attached hydrogens (tertiary/aromatic N) is 3. The Hall–Kier alpha value is -2.33. The van der Waals surface area contributed by atoms with Gasteiger partial charge in [-0.15, -0.1) is 11.3 Å². The average molecular weight is 486 g/mol. The van der Waals surface area contributed by atoms with Gasteiger partial charge in [-0.2, -0.15) is 14.0 Å². The summed E-state index contributed by atoms with van der Waals surface area (Å²) in [5, 5.41) is 3.52. The molecule has 0 unspecified atom stereocenters. The molecule has 0 spiro atoms. The number of hydrogen-bond donors (Lipinski definition) is 1. The van der Waals surface area contributed by atoms with Crippen molar-refractivity contribution >= 4 is 38.0 Å². The molecule has 0 saturated carbocycles. The Kier molecular flexibility index (Phi) is 5.98. The quantitative estimate of drug-likeness (QED) is 0.318. The first kappa shape index (κ1) is 22.5. The highest BCUT2D eigenvalue weighted by Gasteiger charge is 2.27. The monoisotopic (exact) mass is 485 g/mol. The van der Waals surface area contributed by atoms with Crippen LogP contribution in [0.5, 0.6) is 0 Å². The Morgan fingerprint density at radius 2 is 1.79 bits per heavy atom. The van der Waals surface area contributed by atoms with E-state index in [0.29, 0.717) is 0 Å². The molecule has 0 amide bonds. The minimum absolute atomic E-state index is 0.800. The van der Waals surface area contributed by atoms with Crippen molar-refractivity contribution < 1.29 is 28.9 Å². The van der Waals surface area contributed by atoms with E-state index in [-0.39, 0.29) is 0 Å². The minimum atomic E-state index is -4.69. The zero-order chi connectivity index (χ0) is 23.2. The zero-order valence-electron chi connectivity index (χ0n) is 18.2. The van der Waals surface area contributed by atoms with E-state index in [1.165, 1.54) is 75.9 Å². The van der Waals surface area contributed by atoms with Gasteiger partial charge >= 0.3 is 0 Å². The molecule has 3 aliphatic heterocycles. The lowest BCUT2D eigenvalue weighted by Gasteiger charge is -2.37. The third-order valence-corrected chi connectivity index (χ3v) is 7.38. The molecule has 1 N–H and O–H groups in total. The SMILES string of the molecule is CCN=c1cc2sc3c4c5c(cc3nc-2c2ccccc12)CCCN5CCC4.[O-][Cl+3]([O-])([O-])O. The molecule has 2 aromatic carbocycles. The topological polar surface area (TPSA) is 118 Å². The van der Waals surface area contributed by atoms with E-state index < -0.39 is 10.2 Å². The first-order valence-corrected chi connectivity index (χ1v) is 13.1. The molecule has 1 aliphatic carbocycles. The van der Waals surface area contributed by atoms with Gasteiger partial charge in [-0.25, -0.2) is 4.98 Å². The van der Waals surface area contributed by atoms with Crippen molar-refractivity contribution in [2.45, 2.75) is 32.6 Å². The number of aryl methyl sites for hydroxylation is 2. The predicted octanol–water partition coefficient (Wildman–Crippen LogP) is 1.05. The van der Waals surface area contributed by atoms with Crippen LogP contribution in [0.3, 0.4) is 0 Å². The number of benzene rings is 3. The van der Waals surface area contributed by atoms with E-state index in [0.717, 1.165) is 17.6 Å². The van der Waals surface area contributed by atoms with Gasteiger partial charge in [0.05, 0.1) is 41.0 Å². The molecule has 0 bridgehead atoms. The van der Waals surface area contributed by atoms with Crippen LogP contribution in [0.25, 0.3) is 31.6 Å². The van der Waals surface area contributed by atoms with Gasteiger partial charge in [-0.1, -0.05) is 24.3 Å². The lowest BCUT2D eigenvalue weighted by molar-refractivity contribution is -1.92. The summed E-state index contributed by atoms with van der Waals surface area (Å²) in [7, 11) is -4.69. The molecule has 172 valence electrons. The molecule has 0 aromatic heterocycles. The standard InChI is InChI=1S/C24H23N3S.ClHO4/c1-2-25-19-14-21-22(17-9-4-3-8-16(17)19)26-20-13-15-7-5-11-27-12-6-10-18(23(15)27)24(20)28-21;2-1(3,4)5/h3-4,8-9,13-14H,2,5-7,10-12H2,1H3;(H,2,3,4,5). The maximum atomic E-state index is 8.60. The molecule has 4 aliphatic rings. The second kappa shape index (κ2) is 8.79. The van der Waals surface area contributed by atoms with Crippen LogP contribution < -0.4 is 24.2 Å². The molecule has 9 heteroatoms. The minimum Gasteiger partial charge on any atom is -0.371 e. The highest BCUT2D eigenvalue weighted by atomic mass is 35.7. The first-order chi connectivity index (χ1) is 15.8. The summed E-state index contributed by atoms with van der Waals surface area (Å²) >= 11 is 1.92. The predicted molar refractivity (Wildman–Crippen MR) is 121 cm³/mol. The van der Waals surface area contributed by atoms with Crippen LogP contribution in [-0.2, 0) is 12.8 Å². The molecular weight excluding hydrogens is 462 g/mol. The zero-order valence-corrected chi connectivity index (χ0v) is 19.8. The molecule has 2 aromatic rings. The summed E-state index contributed by atoms with van der Waals surface area (Å²) in [4.78, 5) is 13.9. The first-order valence-electron chi connectivity index (χ1n) is 11.0. The number of halogens is 1. The van der Waals surface area contributed by atoms with Crippen LogP contribution in [0, 0.1) is 10.2 Å². The number of fused-ring (bicyclic) bond motifs is 5. The van der Waals surface area contributed by atoms with Gasteiger partial charge in [-0.3, -0.25) is 4.99 Å². The van der Waals surface area contributed by atoms with Crippen LogP contribution in [-0.4, -0.2) is 29.3 Å². The lowest BCUT2D eigenvalue weighted by atomic mass is 9.91. The van der Waals surface area contributed by atoms with Crippen molar-refractivity contribution in [1.29, 1.82) is 0 Å². The maximum absolute atomic E-state index is 8.60. The van der Waals surface area contributed by atoms with E-state index in [1.54, 1.807) is 5.56 Å². The molecule has 7 nitrogen and oxygen atoms in total. The third kappa shape index (κ3) is 4.42. The van der Waals surface area contributed by atoms with E-state index in [9.17, 15) is 0 Å². The Balaban J connectivity index is 0.000000416. The van der Waals surface area contributed by atoms with Gasteiger partial charge < -0.3 is 4.90 Å². The van der Waals surface area contributed by atoms with Crippen molar-refractivity contribution in [3.8, 4) is 10.6 Å². The Labute approximate surface area is 197 Å². The van der Waals surface area contributed by atoms with Gasteiger partial charge in [0.1, 0.15) is 0 Å². The molecule has 0 atom stereocenters. The number of anilines is 1. The molecule has 0 saturated heterocycles. The third-order valence-electron chi connectivity index (χ3n) is 6.18. The molecule has 3 heterocycles. The largest absolute Gasteiger partial charge is 0.371 e. The second-order valence-corrected chi connectivity index (χ2v) is 10.1.